The van der Waals surface area contributed by atoms with E-state index in [2.05, 4.69) is 19.6 Å². The molecule has 1 aromatic rings. The summed E-state index contributed by atoms with van der Waals surface area (Å²) in [5.74, 6) is 0.438. The fourth-order valence-corrected chi connectivity index (χ4v) is 3.73. The van der Waals surface area contributed by atoms with Crippen LogP contribution >= 0.6 is 11.6 Å². The molecule has 0 amide bonds. The predicted molar refractivity (Wildman–Crippen MR) is 89.8 cm³/mol. The Balaban J connectivity index is 1.75. The summed E-state index contributed by atoms with van der Waals surface area (Å²) in [6, 6.07) is 6.10. The molecule has 0 spiro atoms. The van der Waals surface area contributed by atoms with E-state index in [4.69, 9.17) is 17.1 Å². The predicted octanol–water partition coefficient (Wildman–Crippen LogP) is 2.64. The summed E-state index contributed by atoms with van der Waals surface area (Å²) in [5, 5.41) is 4.12. The average Bonchev–Trinajstić information content (AvgIpc) is 2.54. The maximum Gasteiger partial charge on any atom is 0.240 e. The quantitative estimate of drug-likeness (QED) is 0.461. The van der Waals surface area contributed by atoms with Crippen molar-refractivity contribution in [2.45, 2.75) is 17.7 Å². The number of sulfonamides is 1. The average molecular weight is 358 g/mol. The lowest BCUT2D eigenvalue weighted by molar-refractivity contribution is 0.190. The molecule has 1 fully saturated rings. The molecule has 1 N–H and O–H groups in total. The SMILES string of the molecule is [N-]=[N+]=NCC1CCN(CCNS(=O)(=O)c2ccc(Cl)cc2)CC1. The third-order valence-corrected chi connectivity index (χ3v) is 5.68. The highest BCUT2D eigenvalue weighted by Crippen LogP contribution is 2.17. The molecule has 1 heterocycles. The molecule has 1 saturated heterocycles. The minimum atomic E-state index is -3.49. The molecule has 7 nitrogen and oxygen atoms in total. The third-order valence-electron chi connectivity index (χ3n) is 3.95. The molecule has 9 heteroatoms. The summed E-state index contributed by atoms with van der Waals surface area (Å²) in [5.41, 5.74) is 8.33. The lowest BCUT2D eigenvalue weighted by atomic mass is 9.97. The first kappa shape index (κ1) is 18.0. The number of benzene rings is 1. The Kier molecular flexibility index (Phi) is 6.68. The van der Waals surface area contributed by atoms with Crippen LogP contribution in [-0.2, 0) is 10.0 Å². The normalized spacial score (nSPS) is 16.9. The highest BCUT2D eigenvalue weighted by Gasteiger charge is 2.19. The van der Waals surface area contributed by atoms with Gasteiger partial charge in [0.05, 0.1) is 4.90 Å². The molecular weight excluding hydrogens is 338 g/mol. The molecular formula is C14H20ClN5O2S. The van der Waals surface area contributed by atoms with Gasteiger partial charge < -0.3 is 4.90 Å². The smallest absolute Gasteiger partial charge is 0.240 e. The Morgan fingerprint density at radius 2 is 1.96 bits per heavy atom. The van der Waals surface area contributed by atoms with E-state index in [-0.39, 0.29) is 4.90 Å². The first-order valence-electron chi connectivity index (χ1n) is 7.50. The molecule has 23 heavy (non-hydrogen) atoms. The fourth-order valence-electron chi connectivity index (χ4n) is 2.58. The van der Waals surface area contributed by atoms with Crippen LogP contribution in [0.3, 0.4) is 0 Å². The van der Waals surface area contributed by atoms with Crippen molar-refractivity contribution in [1.29, 1.82) is 0 Å². The Morgan fingerprint density at radius 3 is 2.57 bits per heavy atom. The summed E-state index contributed by atoms with van der Waals surface area (Å²) in [4.78, 5) is 5.22. The van der Waals surface area contributed by atoms with Gasteiger partial charge in [0, 0.05) is 29.6 Å². The summed E-state index contributed by atoms with van der Waals surface area (Å²) in [6.45, 7) is 3.38. The summed E-state index contributed by atoms with van der Waals surface area (Å²) >= 11 is 5.76. The van der Waals surface area contributed by atoms with Crippen molar-refractivity contribution < 1.29 is 8.42 Å². The van der Waals surface area contributed by atoms with Crippen LogP contribution in [0.2, 0.25) is 5.02 Å². The van der Waals surface area contributed by atoms with Crippen molar-refractivity contribution in [2.24, 2.45) is 11.0 Å². The Labute approximate surface area is 141 Å². The number of halogens is 1. The molecule has 0 saturated carbocycles. The van der Waals surface area contributed by atoms with Gasteiger partial charge in [-0.2, -0.15) is 0 Å². The van der Waals surface area contributed by atoms with Gasteiger partial charge in [-0.05, 0) is 61.6 Å². The monoisotopic (exact) mass is 357 g/mol. The number of piperidine rings is 1. The topological polar surface area (TPSA) is 98.2 Å². The number of likely N-dealkylation sites (tertiary alicyclic amines) is 1. The third kappa shape index (κ3) is 5.67. The van der Waals surface area contributed by atoms with E-state index in [0.717, 1.165) is 25.9 Å². The number of nitrogens with one attached hydrogen (secondary N) is 1. The molecule has 2 rings (SSSR count). The first-order valence-corrected chi connectivity index (χ1v) is 9.36. The van der Waals surface area contributed by atoms with Crippen molar-refractivity contribution in [2.75, 3.05) is 32.7 Å². The zero-order valence-corrected chi connectivity index (χ0v) is 14.3. The van der Waals surface area contributed by atoms with Crippen LogP contribution in [0.1, 0.15) is 12.8 Å². The molecule has 0 aliphatic carbocycles. The van der Waals surface area contributed by atoms with Crippen LogP contribution in [0.15, 0.2) is 34.3 Å². The van der Waals surface area contributed by atoms with Gasteiger partial charge in [0.1, 0.15) is 0 Å². The molecule has 0 bridgehead atoms. The first-order chi connectivity index (χ1) is 11.0. The van der Waals surface area contributed by atoms with Crippen molar-refractivity contribution in [3.05, 3.63) is 39.7 Å². The van der Waals surface area contributed by atoms with Crippen molar-refractivity contribution in [3.63, 3.8) is 0 Å². The second kappa shape index (κ2) is 8.52. The Morgan fingerprint density at radius 1 is 1.30 bits per heavy atom. The van der Waals surface area contributed by atoms with Crippen LogP contribution in [0, 0.1) is 5.92 Å². The van der Waals surface area contributed by atoms with Gasteiger partial charge >= 0.3 is 0 Å². The van der Waals surface area contributed by atoms with Gasteiger partial charge in [-0.1, -0.05) is 16.7 Å². The lowest BCUT2D eigenvalue weighted by Gasteiger charge is -2.31. The molecule has 1 aromatic carbocycles. The fraction of sp³-hybridized carbons (Fsp3) is 0.571. The zero-order chi connectivity index (χ0) is 16.7. The second-order valence-electron chi connectivity index (χ2n) is 5.55. The zero-order valence-electron chi connectivity index (χ0n) is 12.7. The largest absolute Gasteiger partial charge is 0.302 e. The Hall–Kier alpha value is -1.31. The van der Waals surface area contributed by atoms with Gasteiger partial charge in [-0.25, -0.2) is 13.1 Å². The maximum atomic E-state index is 12.1. The minimum absolute atomic E-state index is 0.218. The summed E-state index contributed by atoms with van der Waals surface area (Å²) < 4.78 is 26.9. The van der Waals surface area contributed by atoms with Gasteiger partial charge in [-0.3, -0.25) is 0 Å². The van der Waals surface area contributed by atoms with E-state index in [1.807, 2.05) is 0 Å². The van der Waals surface area contributed by atoms with E-state index in [0.29, 0.717) is 30.6 Å². The highest BCUT2D eigenvalue weighted by atomic mass is 35.5. The van der Waals surface area contributed by atoms with Crippen molar-refractivity contribution in [3.8, 4) is 0 Å². The number of nitrogens with zero attached hydrogens (tertiary/aromatic N) is 4. The molecule has 0 radical (unpaired) electrons. The summed E-state index contributed by atoms with van der Waals surface area (Å²) in [6.07, 6.45) is 1.95. The van der Waals surface area contributed by atoms with Crippen LogP contribution < -0.4 is 4.72 Å². The number of azide groups is 1. The van der Waals surface area contributed by atoms with Gasteiger partial charge in [0.2, 0.25) is 10.0 Å². The second-order valence-corrected chi connectivity index (χ2v) is 7.75. The molecule has 0 unspecified atom stereocenters. The Bertz CT molecular complexity index is 650. The van der Waals surface area contributed by atoms with Gasteiger partial charge in [-0.15, -0.1) is 0 Å². The summed E-state index contributed by atoms with van der Waals surface area (Å²) in [7, 11) is -3.49. The minimum Gasteiger partial charge on any atom is -0.302 e. The molecule has 1 aliphatic rings. The van der Waals surface area contributed by atoms with E-state index in [1.165, 1.54) is 12.1 Å². The molecule has 0 atom stereocenters. The van der Waals surface area contributed by atoms with Crippen LogP contribution in [-0.4, -0.2) is 46.0 Å². The molecule has 0 aromatic heterocycles. The number of rotatable bonds is 7. The van der Waals surface area contributed by atoms with E-state index < -0.39 is 10.0 Å². The maximum absolute atomic E-state index is 12.1. The lowest BCUT2D eigenvalue weighted by Crippen LogP contribution is -2.40. The number of hydrogen-bond acceptors (Lipinski definition) is 4. The number of hydrogen-bond donors (Lipinski definition) is 1. The van der Waals surface area contributed by atoms with E-state index in [1.54, 1.807) is 12.1 Å². The van der Waals surface area contributed by atoms with E-state index in [9.17, 15) is 8.42 Å². The standard InChI is InChI=1S/C14H20ClN5O2S/c15-13-1-3-14(4-2-13)23(21,22)18-7-10-20-8-5-12(6-9-20)11-17-19-16/h1-4,12,18H,5-11H2. The van der Waals surface area contributed by atoms with Crippen LogP contribution in [0.5, 0.6) is 0 Å². The molecule has 1 aliphatic heterocycles. The van der Waals surface area contributed by atoms with Crippen LogP contribution in [0.4, 0.5) is 0 Å². The van der Waals surface area contributed by atoms with Crippen LogP contribution in [0.25, 0.3) is 10.4 Å². The highest BCUT2D eigenvalue weighted by molar-refractivity contribution is 7.89. The van der Waals surface area contributed by atoms with Crippen molar-refractivity contribution >= 4 is 21.6 Å². The van der Waals surface area contributed by atoms with Crippen molar-refractivity contribution in [1.82, 2.24) is 9.62 Å². The molecule has 126 valence electrons. The van der Waals surface area contributed by atoms with E-state index >= 15 is 0 Å². The van der Waals surface area contributed by atoms with Gasteiger partial charge in [0.25, 0.3) is 0 Å². The van der Waals surface area contributed by atoms with Gasteiger partial charge in [0.15, 0.2) is 0 Å².